The Morgan fingerprint density at radius 1 is 1.47 bits per heavy atom. The van der Waals surface area contributed by atoms with Gasteiger partial charge in [-0.2, -0.15) is 0 Å². The van der Waals surface area contributed by atoms with Gasteiger partial charge in [0.25, 0.3) is 0 Å². The minimum atomic E-state index is -0.817. The maximum atomic E-state index is 13.7. The van der Waals surface area contributed by atoms with Gasteiger partial charge in [0.1, 0.15) is 11.6 Å². The fourth-order valence-electron chi connectivity index (χ4n) is 2.64. The van der Waals surface area contributed by atoms with E-state index in [1.54, 1.807) is 0 Å². The lowest BCUT2D eigenvalue weighted by atomic mass is 9.92. The maximum Gasteiger partial charge on any atom is 0.303 e. The van der Waals surface area contributed by atoms with E-state index in [1.807, 2.05) is 6.92 Å². The van der Waals surface area contributed by atoms with Crippen LogP contribution in [0.2, 0.25) is 0 Å². The van der Waals surface area contributed by atoms with Crippen molar-refractivity contribution in [2.24, 2.45) is 0 Å². The largest absolute Gasteiger partial charge is 0.481 e. The van der Waals surface area contributed by atoms with Crippen LogP contribution in [0.4, 0.5) is 8.78 Å². The van der Waals surface area contributed by atoms with Crippen LogP contribution in [-0.4, -0.2) is 29.1 Å². The molecule has 0 radical (unpaired) electrons. The van der Waals surface area contributed by atoms with Gasteiger partial charge in [0.15, 0.2) is 0 Å². The summed E-state index contributed by atoms with van der Waals surface area (Å²) in [7, 11) is 0. The van der Waals surface area contributed by atoms with Crippen LogP contribution in [-0.2, 0) is 11.2 Å². The quantitative estimate of drug-likeness (QED) is 0.913. The Morgan fingerprint density at radius 2 is 2.21 bits per heavy atom. The van der Waals surface area contributed by atoms with E-state index in [2.05, 4.69) is 4.90 Å². The number of carboxylic acids is 1. The Morgan fingerprint density at radius 3 is 2.89 bits per heavy atom. The van der Waals surface area contributed by atoms with Gasteiger partial charge >= 0.3 is 5.97 Å². The van der Waals surface area contributed by atoms with Gasteiger partial charge in [0, 0.05) is 25.1 Å². The van der Waals surface area contributed by atoms with Gasteiger partial charge in [-0.1, -0.05) is 0 Å². The molecule has 1 aliphatic heterocycles. The first-order chi connectivity index (χ1) is 8.99. The number of rotatable bonds is 4. The number of halogens is 2. The number of hydrogen-bond donors (Lipinski definition) is 1. The van der Waals surface area contributed by atoms with E-state index < -0.39 is 17.6 Å². The Hall–Kier alpha value is -1.49. The number of benzene rings is 1. The molecule has 0 amide bonds. The van der Waals surface area contributed by atoms with Gasteiger partial charge in [-0.05, 0) is 43.5 Å². The summed E-state index contributed by atoms with van der Waals surface area (Å²) >= 11 is 0. The highest BCUT2D eigenvalue weighted by Gasteiger charge is 2.26. The molecule has 1 N–H and O–H groups in total. The van der Waals surface area contributed by atoms with Crippen LogP contribution in [0.15, 0.2) is 12.1 Å². The van der Waals surface area contributed by atoms with Gasteiger partial charge < -0.3 is 5.11 Å². The predicted octanol–water partition coefficient (Wildman–Crippen LogP) is 2.75. The monoisotopic (exact) mass is 269 g/mol. The zero-order chi connectivity index (χ0) is 14.0. The molecule has 5 heteroatoms. The minimum Gasteiger partial charge on any atom is -0.481 e. The molecule has 0 aliphatic carbocycles. The van der Waals surface area contributed by atoms with Gasteiger partial charge in [-0.3, -0.25) is 9.69 Å². The van der Waals surface area contributed by atoms with Crippen molar-refractivity contribution in [3.05, 3.63) is 34.9 Å². The molecule has 1 unspecified atom stereocenters. The first-order valence-corrected chi connectivity index (χ1v) is 6.42. The standard InChI is InChI=1S/C14H17F2NO2/c1-9-12-7-10(15)8-13(16)11(12)4-6-17(9)5-2-3-14(18)19/h7-9H,2-6H2,1H3,(H,18,19). The van der Waals surface area contributed by atoms with Crippen molar-refractivity contribution in [2.75, 3.05) is 13.1 Å². The number of fused-ring (bicyclic) bond motifs is 1. The van der Waals surface area contributed by atoms with E-state index in [4.69, 9.17) is 5.11 Å². The van der Waals surface area contributed by atoms with Crippen molar-refractivity contribution in [3.63, 3.8) is 0 Å². The molecule has 1 aromatic carbocycles. The van der Waals surface area contributed by atoms with Crippen molar-refractivity contribution in [3.8, 4) is 0 Å². The molecule has 1 aliphatic rings. The molecule has 2 rings (SSSR count). The molecule has 0 saturated heterocycles. The fraction of sp³-hybridized carbons (Fsp3) is 0.500. The summed E-state index contributed by atoms with van der Waals surface area (Å²) in [6, 6.07) is 2.22. The average molecular weight is 269 g/mol. The van der Waals surface area contributed by atoms with E-state index in [-0.39, 0.29) is 12.5 Å². The maximum absolute atomic E-state index is 13.7. The second-order valence-corrected chi connectivity index (χ2v) is 4.91. The zero-order valence-electron chi connectivity index (χ0n) is 10.8. The highest BCUT2D eigenvalue weighted by molar-refractivity contribution is 5.66. The van der Waals surface area contributed by atoms with E-state index in [0.29, 0.717) is 37.1 Å². The number of aliphatic carboxylic acids is 1. The third kappa shape index (κ3) is 3.10. The van der Waals surface area contributed by atoms with Crippen molar-refractivity contribution in [1.82, 2.24) is 4.90 Å². The molecule has 0 fully saturated rings. The molecule has 3 nitrogen and oxygen atoms in total. The molecule has 1 heterocycles. The van der Waals surface area contributed by atoms with Crippen molar-refractivity contribution in [2.45, 2.75) is 32.2 Å². The lowest BCUT2D eigenvalue weighted by molar-refractivity contribution is -0.137. The summed E-state index contributed by atoms with van der Waals surface area (Å²) in [6.45, 7) is 3.21. The molecule has 0 bridgehead atoms. The molecule has 19 heavy (non-hydrogen) atoms. The van der Waals surface area contributed by atoms with E-state index in [0.717, 1.165) is 6.07 Å². The normalized spacial score (nSPS) is 19.2. The number of hydrogen-bond acceptors (Lipinski definition) is 2. The highest BCUT2D eigenvalue weighted by Crippen LogP contribution is 2.31. The smallest absolute Gasteiger partial charge is 0.303 e. The summed E-state index contributed by atoms with van der Waals surface area (Å²) in [5.41, 5.74) is 1.27. The van der Waals surface area contributed by atoms with Crippen molar-refractivity contribution in [1.29, 1.82) is 0 Å². The first-order valence-electron chi connectivity index (χ1n) is 6.42. The SMILES string of the molecule is CC1c2cc(F)cc(F)c2CCN1CCCC(=O)O. The second kappa shape index (κ2) is 5.65. The Balaban J connectivity index is 2.10. The van der Waals surface area contributed by atoms with Crippen LogP contribution < -0.4 is 0 Å². The molecule has 0 spiro atoms. The predicted molar refractivity (Wildman–Crippen MR) is 66.9 cm³/mol. The van der Waals surface area contributed by atoms with Gasteiger partial charge in [-0.25, -0.2) is 8.78 Å². The van der Waals surface area contributed by atoms with Crippen LogP contribution in [0.5, 0.6) is 0 Å². The fourth-order valence-corrected chi connectivity index (χ4v) is 2.64. The Bertz CT molecular complexity index is 491. The zero-order valence-corrected chi connectivity index (χ0v) is 10.8. The third-order valence-corrected chi connectivity index (χ3v) is 3.68. The average Bonchev–Trinajstić information content (AvgIpc) is 2.32. The van der Waals surface area contributed by atoms with Gasteiger partial charge in [0.2, 0.25) is 0 Å². The Kier molecular flexibility index (Phi) is 4.14. The third-order valence-electron chi connectivity index (χ3n) is 3.68. The topological polar surface area (TPSA) is 40.5 Å². The molecule has 104 valence electrons. The molecular formula is C14H17F2NO2. The Labute approximate surface area is 110 Å². The summed E-state index contributed by atoms with van der Waals surface area (Å²) in [6.07, 6.45) is 1.21. The number of carboxylic acid groups (broad SMARTS) is 1. The van der Waals surface area contributed by atoms with Gasteiger partial charge in [-0.15, -0.1) is 0 Å². The molecular weight excluding hydrogens is 252 g/mol. The first kappa shape index (κ1) is 13.9. The lowest BCUT2D eigenvalue weighted by Crippen LogP contribution is -2.35. The van der Waals surface area contributed by atoms with E-state index in [9.17, 15) is 13.6 Å². The molecule has 1 aromatic rings. The van der Waals surface area contributed by atoms with Crippen molar-refractivity contribution >= 4 is 5.97 Å². The highest BCUT2D eigenvalue weighted by atomic mass is 19.1. The number of nitrogens with zero attached hydrogens (tertiary/aromatic N) is 1. The summed E-state index contributed by atoms with van der Waals surface area (Å²) < 4.78 is 26.9. The summed E-state index contributed by atoms with van der Waals surface area (Å²) in [5, 5.41) is 8.62. The molecule has 0 saturated carbocycles. The molecule has 0 aromatic heterocycles. The lowest BCUT2D eigenvalue weighted by Gasteiger charge is -2.35. The van der Waals surface area contributed by atoms with Gasteiger partial charge in [0.05, 0.1) is 0 Å². The van der Waals surface area contributed by atoms with E-state index in [1.165, 1.54) is 6.07 Å². The molecule has 1 atom stereocenters. The minimum absolute atomic E-state index is 0.0808. The summed E-state index contributed by atoms with van der Waals surface area (Å²) in [4.78, 5) is 12.6. The van der Waals surface area contributed by atoms with Crippen LogP contribution in [0, 0.1) is 11.6 Å². The summed E-state index contributed by atoms with van der Waals surface area (Å²) in [5.74, 6) is -1.86. The van der Waals surface area contributed by atoms with Crippen LogP contribution >= 0.6 is 0 Å². The van der Waals surface area contributed by atoms with Crippen LogP contribution in [0.1, 0.15) is 36.9 Å². The number of carbonyl (C=O) groups is 1. The van der Waals surface area contributed by atoms with Crippen molar-refractivity contribution < 1.29 is 18.7 Å². The van der Waals surface area contributed by atoms with E-state index >= 15 is 0 Å². The van der Waals surface area contributed by atoms with Crippen LogP contribution in [0.3, 0.4) is 0 Å². The second-order valence-electron chi connectivity index (χ2n) is 4.91. The van der Waals surface area contributed by atoms with Crippen LogP contribution in [0.25, 0.3) is 0 Å².